The number of nitrogens with one attached hydrogen (secondary N) is 1. The van der Waals surface area contributed by atoms with Crippen LogP contribution in [0.15, 0.2) is 0 Å². The molecular weight excluding hydrogens is 284 g/mol. The number of carbonyl (C=O) groups excluding carboxylic acids is 2. The summed E-state index contributed by atoms with van der Waals surface area (Å²) in [5.41, 5.74) is 6.20. The highest BCUT2D eigenvalue weighted by Gasteiger charge is 2.49. The van der Waals surface area contributed by atoms with Gasteiger partial charge in [0.1, 0.15) is 0 Å². The van der Waals surface area contributed by atoms with Crippen molar-refractivity contribution in [2.24, 2.45) is 23.5 Å². The Kier molecular flexibility index (Phi) is 7.29. The Bertz CT molecular complexity index is 384. The molecule has 0 spiro atoms. The van der Waals surface area contributed by atoms with Crippen molar-refractivity contribution < 1.29 is 19.4 Å². The van der Waals surface area contributed by atoms with E-state index in [1.807, 2.05) is 0 Å². The summed E-state index contributed by atoms with van der Waals surface area (Å²) in [5.74, 6) is -1.26. The van der Waals surface area contributed by atoms with Gasteiger partial charge in [-0.25, -0.2) is 0 Å². The van der Waals surface area contributed by atoms with Crippen LogP contribution in [0.1, 0.15) is 47.0 Å². The van der Waals surface area contributed by atoms with E-state index in [0.717, 1.165) is 12.8 Å². The summed E-state index contributed by atoms with van der Waals surface area (Å²) in [4.78, 5) is 23.5. The van der Waals surface area contributed by atoms with E-state index in [1.165, 1.54) is 6.92 Å². The molecule has 128 valence electrons. The molecule has 1 aliphatic carbocycles. The Labute approximate surface area is 132 Å². The van der Waals surface area contributed by atoms with Crippen molar-refractivity contribution in [3.05, 3.63) is 0 Å². The van der Waals surface area contributed by atoms with Crippen LogP contribution in [0.5, 0.6) is 0 Å². The van der Waals surface area contributed by atoms with Crippen molar-refractivity contribution in [1.29, 1.82) is 0 Å². The van der Waals surface area contributed by atoms with Crippen molar-refractivity contribution in [3.63, 3.8) is 0 Å². The maximum Gasteiger partial charge on any atom is 0.311 e. The fourth-order valence-electron chi connectivity index (χ4n) is 3.63. The van der Waals surface area contributed by atoms with E-state index < -0.39 is 18.0 Å². The van der Waals surface area contributed by atoms with E-state index in [2.05, 4.69) is 19.2 Å². The van der Waals surface area contributed by atoms with Gasteiger partial charge >= 0.3 is 5.97 Å². The van der Waals surface area contributed by atoms with Gasteiger partial charge in [0.05, 0.1) is 18.6 Å². The Morgan fingerprint density at radius 3 is 2.36 bits per heavy atom. The van der Waals surface area contributed by atoms with E-state index >= 15 is 0 Å². The number of amides is 1. The zero-order chi connectivity index (χ0) is 16.9. The molecule has 0 radical (unpaired) electrons. The van der Waals surface area contributed by atoms with E-state index in [0.29, 0.717) is 6.42 Å². The molecule has 1 saturated carbocycles. The number of carbonyl (C=O) groups is 2. The standard InChI is InChI=1S/C16H30N2O4/c1-5-10(6-2)14(18-9(4)19)13-12(17)8-11(15(13)20)16(21)22-7-3/h10-15,20H,5-8,17H2,1-4H3,(H,18,19). The molecule has 5 unspecified atom stereocenters. The Morgan fingerprint density at radius 1 is 1.32 bits per heavy atom. The van der Waals surface area contributed by atoms with Gasteiger partial charge in [-0.05, 0) is 19.3 Å². The van der Waals surface area contributed by atoms with Crippen LogP contribution in [0.4, 0.5) is 0 Å². The highest BCUT2D eigenvalue weighted by Crippen LogP contribution is 2.37. The molecule has 6 nitrogen and oxygen atoms in total. The average Bonchev–Trinajstić information content (AvgIpc) is 2.74. The molecule has 0 bridgehead atoms. The molecule has 1 fully saturated rings. The van der Waals surface area contributed by atoms with Gasteiger partial charge < -0.3 is 20.9 Å². The molecule has 0 aromatic heterocycles. The van der Waals surface area contributed by atoms with Gasteiger partial charge in [-0.3, -0.25) is 9.59 Å². The number of hydrogen-bond donors (Lipinski definition) is 3. The third-order valence-corrected chi connectivity index (χ3v) is 4.76. The highest BCUT2D eigenvalue weighted by molar-refractivity contribution is 5.74. The molecule has 1 amide bonds. The summed E-state index contributed by atoms with van der Waals surface area (Å²) < 4.78 is 5.03. The molecule has 0 aromatic rings. The fraction of sp³-hybridized carbons (Fsp3) is 0.875. The van der Waals surface area contributed by atoms with Crippen molar-refractivity contribution in [1.82, 2.24) is 5.32 Å². The smallest absolute Gasteiger partial charge is 0.311 e. The van der Waals surface area contributed by atoms with Gasteiger partial charge in [0.2, 0.25) is 5.91 Å². The number of esters is 1. The normalized spacial score (nSPS) is 29.4. The first-order valence-electron chi connectivity index (χ1n) is 8.24. The zero-order valence-electron chi connectivity index (χ0n) is 14.0. The minimum atomic E-state index is -0.883. The summed E-state index contributed by atoms with van der Waals surface area (Å²) >= 11 is 0. The molecule has 4 N–H and O–H groups in total. The Morgan fingerprint density at radius 2 is 1.91 bits per heavy atom. The van der Waals surface area contributed by atoms with Crippen LogP contribution in [-0.4, -0.2) is 41.8 Å². The first-order chi connectivity index (χ1) is 10.4. The van der Waals surface area contributed by atoms with Crippen molar-refractivity contribution in [3.8, 4) is 0 Å². The van der Waals surface area contributed by atoms with Crippen molar-refractivity contribution in [2.45, 2.75) is 65.1 Å². The minimum absolute atomic E-state index is 0.143. The van der Waals surface area contributed by atoms with E-state index in [1.54, 1.807) is 6.92 Å². The molecule has 5 atom stereocenters. The van der Waals surface area contributed by atoms with Gasteiger partial charge in [0.15, 0.2) is 0 Å². The molecule has 1 rings (SSSR count). The summed E-state index contributed by atoms with van der Waals surface area (Å²) in [5, 5.41) is 13.6. The summed E-state index contributed by atoms with van der Waals surface area (Å²) in [6, 6.07) is -0.557. The average molecular weight is 314 g/mol. The Balaban J connectivity index is 2.98. The summed E-state index contributed by atoms with van der Waals surface area (Å²) in [6.07, 6.45) is 1.26. The van der Waals surface area contributed by atoms with Crippen LogP contribution in [0.25, 0.3) is 0 Å². The number of nitrogens with two attached hydrogens (primary N) is 1. The maximum atomic E-state index is 12.0. The quantitative estimate of drug-likeness (QED) is 0.604. The number of hydrogen-bond acceptors (Lipinski definition) is 5. The first kappa shape index (κ1) is 18.9. The molecule has 6 heteroatoms. The number of aliphatic hydroxyl groups is 1. The van der Waals surface area contributed by atoms with Crippen molar-refractivity contribution >= 4 is 11.9 Å². The van der Waals surface area contributed by atoms with Gasteiger partial charge in [0, 0.05) is 24.9 Å². The monoisotopic (exact) mass is 314 g/mol. The topological polar surface area (TPSA) is 102 Å². The third kappa shape index (κ3) is 4.20. The molecule has 22 heavy (non-hydrogen) atoms. The van der Waals surface area contributed by atoms with Crippen LogP contribution in [0.2, 0.25) is 0 Å². The fourth-order valence-corrected chi connectivity index (χ4v) is 3.63. The summed E-state index contributed by atoms with van der Waals surface area (Å²) in [7, 11) is 0. The maximum absolute atomic E-state index is 12.0. The van der Waals surface area contributed by atoms with E-state index in [9.17, 15) is 14.7 Å². The molecule has 0 aromatic carbocycles. The molecule has 1 aliphatic rings. The highest BCUT2D eigenvalue weighted by atomic mass is 16.5. The van der Waals surface area contributed by atoms with Crippen molar-refractivity contribution in [2.75, 3.05) is 6.61 Å². The van der Waals surface area contributed by atoms with Crippen LogP contribution in [-0.2, 0) is 14.3 Å². The predicted molar refractivity (Wildman–Crippen MR) is 83.9 cm³/mol. The second kappa shape index (κ2) is 8.48. The SMILES string of the molecule is CCOC(=O)C1CC(N)C(C(NC(C)=O)C(CC)CC)C1O. The lowest BCUT2D eigenvalue weighted by Crippen LogP contribution is -2.52. The third-order valence-electron chi connectivity index (χ3n) is 4.76. The van der Waals surface area contributed by atoms with E-state index in [-0.39, 0.29) is 36.4 Å². The van der Waals surface area contributed by atoms with Gasteiger partial charge in [-0.15, -0.1) is 0 Å². The molecular formula is C16H30N2O4. The van der Waals surface area contributed by atoms with Crippen LogP contribution < -0.4 is 11.1 Å². The lowest BCUT2D eigenvalue weighted by molar-refractivity contribution is -0.151. The van der Waals surface area contributed by atoms with E-state index in [4.69, 9.17) is 10.5 Å². The lowest BCUT2D eigenvalue weighted by atomic mass is 9.80. The largest absolute Gasteiger partial charge is 0.466 e. The number of aliphatic hydroxyl groups excluding tert-OH is 1. The number of rotatable bonds is 7. The molecule has 0 aliphatic heterocycles. The predicted octanol–water partition coefficient (Wildman–Crippen LogP) is 0.815. The Hall–Kier alpha value is -1.14. The number of ether oxygens (including phenoxy) is 1. The van der Waals surface area contributed by atoms with Gasteiger partial charge in [-0.1, -0.05) is 26.7 Å². The van der Waals surface area contributed by atoms with Gasteiger partial charge in [-0.2, -0.15) is 0 Å². The van der Waals surface area contributed by atoms with Gasteiger partial charge in [0.25, 0.3) is 0 Å². The second-order valence-corrected chi connectivity index (χ2v) is 6.13. The first-order valence-corrected chi connectivity index (χ1v) is 8.24. The second-order valence-electron chi connectivity index (χ2n) is 6.13. The van der Waals surface area contributed by atoms with Crippen LogP contribution in [0, 0.1) is 17.8 Å². The zero-order valence-corrected chi connectivity index (χ0v) is 14.0. The minimum Gasteiger partial charge on any atom is -0.466 e. The lowest BCUT2D eigenvalue weighted by Gasteiger charge is -2.35. The molecule has 0 heterocycles. The van der Waals surface area contributed by atoms with Crippen LogP contribution >= 0.6 is 0 Å². The summed E-state index contributed by atoms with van der Waals surface area (Å²) in [6.45, 7) is 7.59. The van der Waals surface area contributed by atoms with Crippen LogP contribution in [0.3, 0.4) is 0 Å². The molecule has 0 saturated heterocycles.